The van der Waals surface area contributed by atoms with Gasteiger partial charge in [-0.1, -0.05) is 0 Å². The maximum absolute atomic E-state index is 9.99. The second kappa shape index (κ2) is 3.97. The van der Waals surface area contributed by atoms with Crippen LogP contribution in [0, 0.1) is 0 Å². The molecule has 0 aliphatic heterocycles. The predicted octanol–water partition coefficient (Wildman–Crippen LogP) is 0.0119. The van der Waals surface area contributed by atoms with Crippen LogP contribution >= 0.6 is 0 Å². The van der Waals surface area contributed by atoms with E-state index in [4.69, 9.17) is 5.73 Å². The molecule has 0 spiro atoms. The van der Waals surface area contributed by atoms with E-state index < -0.39 is 6.10 Å². The molecule has 0 aliphatic rings. The van der Waals surface area contributed by atoms with E-state index in [2.05, 4.69) is 10.2 Å². The lowest BCUT2D eigenvalue weighted by Gasteiger charge is -2.07. The van der Waals surface area contributed by atoms with E-state index in [0.717, 1.165) is 5.69 Å². The Hall–Kier alpha value is -1.82. The maximum atomic E-state index is 9.99. The van der Waals surface area contributed by atoms with Crippen LogP contribution in [0.2, 0.25) is 0 Å². The summed E-state index contributed by atoms with van der Waals surface area (Å²) < 4.78 is 3.24. The molecule has 2 aromatic heterocycles. The van der Waals surface area contributed by atoms with Gasteiger partial charge in [0.15, 0.2) is 0 Å². The molecule has 1 unspecified atom stereocenters. The number of anilines is 1. The summed E-state index contributed by atoms with van der Waals surface area (Å²) >= 11 is 0. The van der Waals surface area contributed by atoms with Gasteiger partial charge in [-0.25, -0.2) is 0 Å². The number of aliphatic hydroxyl groups is 1. The number of aromatic nitrogens is 4. The number of hydrogen-bond donors (Lipinski definition) is 2. The van der Waals surface area contributed by atoms with Crippen LogP contribution in [0.1, 0.15) is 17.4 Å². The molecule has 3 N–H and O–H groups in total. The van der Waals surface area contributed by atoms with E-state index in [1.54, 1.807) is 17.9 Å². The lowest BCUT2D eigenvalue weighted by Crippen LogP contribution is -2.06. The Morgan fingerprint density at radius 2 is 2.25 bits per heavy atom. The average molecular weight is 221 g/mol. The second-order valence-electron chi connectivity index (χ2n) is 3.81. The van der Waals surface area contributed by atoms with Gasteiger partial charge in [-0.2, -0.15) is 10.2 Å². The molecule has 86 valence electrons. The first-order chi connectivity index (χ1) is 7.58. The van der Waals surface area contributed by atoms with Crippen molar-refractivity contribution in [2.45, 2.75) is 12.5 Å². The van der Waals surface area contributed by atoms with Crippen molar-refractivity contribution in [3.8, 4) is 0 Å². The molecule has 2 aromatic rings. The largest absolute Gasteiger partial charge is 0.388 e. The van der Waals surface area contributed by atoms with Crippen LogP contribution in [0.25, 0.3) is 0 Å². The third kappa shape index (κ3) is 1.92. The number of nitrogens with zero attached hydrogens (tertiary/aromatic N) is 4. The highest BCUT2D eigenvalue weighted by atomic mass is 16.3. The number of aryl methyl sites for hydroxylation is 2. The van der Waals surface area contributed by atoms with Crippen LogP contribution in [0.5, 0.6) is 0 Å². The van der Waals surface area contributed by atoms with Crippen LogP contribution in [0.4, 0.5) is 5.82 Å². The van der Waals surface area contributed by atoms with Crippen molar-refractivity contribution in [1.82, 2.24) is 19.6 Å². The molecule has 0 aliphatic carbocycles. The lowest BCUT2D eigenvalue weighted by atomic mass is 10.1. The van der Waals surface area contributed by atoms with Gasteiger partial charge in [-0.3, -0.25) is 9.36 Å². The summed E-state index contributed by atoms with van der Waals surface area (Å²) in [7, 11) is 3.58. The van der Waals surface area contributed by atoms with Crippen molar-refractivity contribution in [3.63, 3.8) is 0 Å². The number of nitrogen functional groups attached to an aromatic ring is 1. The smallest absolute Gasteiger partial charge is 0.127 e. The molecule has 0 bridgehead atoms. The van der Waals surface area contributed by atoms with E-state index >= 15 is 0 Å². The van der Waals surface area contributed by atoms with Gasteiger partial charge in [0.1, 0.15) is 5.82 Å². The van der Waals surface area contributed by atoms with Gasteiger partial charge >= 0.3 is 0 Å². The van der Waals surface area contributed by atoms with Crippen molar-refractivity contribution in [3.05, 3.63) is 29.7 Å². The Morgan fingerprint density at radius 3 is 2.75 bits per heavy atom. The zero-order valence-corrected chi connectivity index (χ0v) is 9.33. The summed E-state index contributed by atoms with van der Waals surface area (Å²) in [5.41, 5.74) is 7.26. The molecule has 0 saturated carbocycles. The molecule has 6 heteroatoms. The first-order valence-electron chi connectivity index (χ1n) is 5.02. The van der Waals surface area contributed by atoms with E-state index in [-0.39, 0.29) is 0 Å². The molecule has 0 saturated heterocycles. The van der Waals surface area contributed by atoms with Crippen LogP contribution in [-0.2, 0) is 20.5 Å². The fourth-order valence-electron chi connectivity index (χ4n) is 1.60. The van der Waals surface area contributed by atoms with Gasteiger partial charge in [0.05, 0.1) is 18.0 Å². The third-order valence-corrected chi connectivity index (χ3v) is 2.54. The van der Waals surface area contributed by atoms with E-state index in [1.807, 2.05) is 19.3 Å². The molecular formula is C10H15N5O. The van der Waals surface area contributed by atoms with Gasteiger partial charge in [-0.15, -0.1) is 0 Å². The highest BCUT2D eigenvalue weighted by Crippen LogP contribution is 2.22. The van der Waals surface area contributed by atoms with Crippen molar-refractivity contribution >= 4 is 5.82 Å². The minimum absolute atomic E-state index is 0.441. The summed E-state index contributed by atoms with van der Waals surface area (Å²) in [4.78, 5) is 0. The third-order valence-electron chi connectivity index (χ3n) is 2.54. The summed E-state index contributed by atoms with van der Waals surface area (Å²) in [6.07, 6.45) is 3.21. The minimum atomic E-state index is -0.663. The Morgan fingerprint density at radius 1 is 1.50 bits per heavy atom. The summed E-state index contributed by atoms with van der Waals surface area (Å²) in [6.45, 7) is 0. The van der Waals surface area contributed by atoms with Crippen molar-refractivity contribution in [2.24, 2.45) is 14.1 Å². The Bertz CT molecular complexity index is 487. The predicted molar refractivity (Wildman–Crippen MR) is 59.5 cm³/mol. The van der Waals surface area contributed by atoms with Gasteiger partial charge < -0.3 is 10.8 Å². The first-order valence-corrected chi connectivity index (χ1v) is 5.02. The molecule has 0 fully saturated rings. The summed E-state index contributed by atoms with van der Waals surface area (Å²) in [6, 6.07) is 1.87. The number of aliphatic hydroxyl groups excluding tert-OH is 1. The van der Waals surface area contributed by atoms with Crippen LogP contribution in [0.3, 0.4) is 0 Å². The molecule has 0 amide bonds. The van der Waals surface area contributed by atoms with Gasteiger partial charge in [0.25, 0.3) is 0 Å². The normalized spacial score (nSPS) is 12.9. The summed E-state index contributed by atoms with van der Waals surface area (Å²) in [5.74, 6) is 0.489. The number of hydrogen-bond acceptors (Lipinski definition) is 4. The van der Waals surface area contributed by atoms with E-state index in [9.17, 15) is 5.11 Å². The highest BCUT2D eigenvalue weighted by Gasteiger charge is 2.16. The molecule has 0 aromatic carbocycles. The number of rotatable bonds is 3. The zero-order chi connectivity index (χ0) is 11.7. The molecule has 0 radical (unpaired) electrons. The molecule has 6 nitrogen and oxygen atoms in total. The quantitative estimate of drug-likeness (QED) is 0.765. The molecule has 2 rings (SSSR count). The SMILES string of the molecule is Cn1ccc(CC(O)c2cnn(C)c2N)n1. The fraction of sp³-hybridized carbons (Fsp3) is 0.400. The topological polar surface area (TPSA) is 81.9 Å². The average Bonchev–Trinajstić information content (AvgIpc) is 2.76. The number of nitrogens with two attached hydrogens (primary N) is 1. The highest BCUT2D eigenvalue weighted by molar-refractivity contribution is 5.40. The van der Waals surface area contributed by atoms with E-state index in [0.29, 0.717) is 17.8 Å². The molecule has 1 atom stereocenters. The lowest BCUT2D eigenvalue weighted by molar-refractivity contribution is 0.177. The van der Waals surface area contributed by atoms with E-state index in [1.165, 1.54) is 4.68 Å². The molecular weight excluding hydrogens is 206 g/mol. The Labute approximate surface area is 93.3 Å². The standard InChI is InChI=1S/C10H15N5O/c1-14-4-3-7(13-14)5-9(16)8-6-12-15(2)10(8)11/h3-4,6,9,16H,5,11H2,1-2H3. The van der Waals surface area contributed by atoms with Crippen molar-refractivity contribution in [1.29, 1.82) is 0 Å². The van der Waals surface area contributed by atoms with Gasteiger partial charge in [0, 0.05) is 32.3 Å². The van der Waals surface area contributed by atoms with Crippen LogP contribution in [-0.4, -0.2) is 24.7 Å². The first kappa shape index (κ1) is 10.7. The van der Waals surface area contributed by atoms with Gasteiger partial charge in [-0.05, 0) is 6.07 Å². The van der Waals surface area contributed by atoms with Crippen molar-refractivity contribution in [2.75, 3.05) is 5.73 Å². The monoisotopic (exact) mass is 221 g/mol. The Kier molecular flexibility index (Phi) is 2.66. The van der Waals surface area contributed by atoms with Crippen molar-refractivity contribution < 1.29 is 5.11 Å². The van der Waals surface area contributed by atoms with Crippen LogP contribution < -0.4 is 5.73 Å². The molecule has 2 heterocycles. The zero-order valence-electron chi connectivity index (χ0n) is 9.33. The van der Waals surface area contributed by atoms with Crippen LogP contribution in [0.15, 0.2) is 18.5 Å². The molecule has 16 heavy (non-hydrogen) atoms. The fourth-order valence-corrected chi connectivity index (χ4v) is 1.60. The maximum Gasteiger partial charge on any atom is 0.127 e. The second-order valence-corrected chi connectivity index (χ2v) is 3.81. The minimum Gasteiger partial charge on any atom is -0.388 e. The summed E-state index contributed by atoms with van der Waals surface area (Å²) in [5, 5.41) is 18.2. The van der Waals surface area contributed by atoms with Gasteiger partial charge in [0.2, 0.25) is 0 Å². The Balaban J connectivity index is 2.14.